The van der Waals surface area contributed by atoms with Gasteiger partial charge >= 0.3 is 17.9 Å². The minimum Gasteiger partial charge on any atom is -0.505 e. The monoisotopic (exact) mass is 1400 g/mol. The molecule has 32 nitrogen and oxygen atoms in total. The van der Waals surface area contributed by atoms with Crippen LogP contribution in [0.1, 0.15) is 97.5 Å². The van der Waals surface area contributed by atoms with E-state index >= 15 is 0 Å². The topological polar surface area (TPSA) is 385 Å². The lowest BCUT2D eigenvalue weighted by molar-refractivity contribution is -0.428. The van der Waals surface area contributed by atoms with Crippen LogP contribution in [0.2, 0.25) is 10.0 Å². The van der Waals surface area contributed by atoms with E-state index in [1.165, 1.54) is 49.2 Å². The molecule has 0 unspecified atom stereocenters. The quantitative estimate of drug-likeness (QED) is 0.112. The molecule has 2 spiro atoms. The molecule has 538 valence electrons. The van der Waals surface area contributed by atoms with Gasteiger partial charge in [0.05, 0.1) is 80.4 Å². The first-order chi connectivity index (χ1) is 44.9. The lowest BCUT2D eigenvalue weighted by atomic mass is 9.81. The number of benzene rings is 1. The highest BCUT2D eigenvalue weighted by atomic mass is 35.5. The smallest absolute Gasteiger partial charge is 0.342 e. The van der Waals surface area contributed by atoms with Crippen LogP contribution in [0.25, 0.3) is 0 Å². The molecule has 0 amide bonds. The van der Waals surface area contributed by atoms with Gasteiger partial charge < -0.3 is 140 Å². The molecule has 0 radical (unpaired) electrons. The number of rotatable bonds is 18. The third-order valence-electron chi connectivity index (χ3n) is 19.4. The number of phenolic OH excluding ortho intramolecular Hbond substituents is 1. The molecular formula is C61H88Cl2O32. The van der Waals surface area contributed by atoms with Crippen molar-refractivity contribution in [3.63, 3.8) is 0 Å². The van der Waals surface area contributed by atoms with Gasteiger partial charge in [0.1, 0.15) is 96.2 Å². The third-order valence-corrected chi connectivity index (χ3v) is 20.2. The maximum absolute atomic E-state index is 13.6. The third kappa shape index (κ3) is 13.4. The van der Waals surface area contributed by atoms with E-state index in [1.807, 2.05) is 0 Å². The van der Waals surface area contributed by atoms with Crippen molar-refractivity contribution in [2.24, 2.45) is 5.92 Å². The number of hydrogen-bond donors (Lipinski definition) is 6. The number of Topliss-reactive ketones (excluding diaryl/α,β-unsaturated/α-hetero) is 1. The van der Waals surface area contributed by atoms with Crippen LogP contribution < -0.4 is 4.74 Å². The van der Waals surface area contributed by atoms with Crippen LogP contribution in [0.4, 0.5) is 0 Å². The van der Waals surface area contributed by atoms with Gasteiger partial charge in [-0.15, -0.1) is 0 Å². The first-order valence-electron chi connectivity index (χ1n) is 31.7. The van der Waals surface area contributed by atoms with E-state index in [4.69, 9.17) is 132 Å². The van der Waals surface area contributed by atoms with Crippen molar-refractivity contribution >= 4 is 40.9 Å². The Kier molecular flexibility index (Phi) is 21.9. The second-order valence-electron chi connectivity index (χ2n) is 26.2. The molecule has 0 saturated carbocycles. The molecule has 6 N–H and O–H groups in total. The number of methoxy groups -OCH3 is 4. The molecule has 0 bridgehead atoms. The van der Waals surface area contributed by atoms with E-state index in [2.05, 4.69) is 0 Å². The van der Waals surface area contributed by atoms with Crippen LogP contribution in [0, 0.1) is 12.8 Å². The second kappa shape index (κ2) is 28.4. The van der Waals surface area contributed by atoms with E-state index < -0.39 is 218 Å². The van der Waals surface area contributed by atoms with Crippen LogP contribution >= 0.6 is 23.2 Å². The zero-order valence-corrected chi connectivity index (χ0v) is 56.5. The fraction of sp³-hybridized carbons (Fsp3) is 0.852. The van der Waals surface area contributed by atoms with Gasteiger partial charge in [-0.2, -0.15) is 0 Å². The average Bonchev–Trinajstić information content (AvgIpc) is 1.59. The van der Waals surface area contributed by atoms with Crippen molar-refractivity contribution in [3.05, 3.63) is 21.2 Å². The van der Waals surface area contributed by atoms with E-state index in [-0.39, 0.29) is 66.2 Å². The molecule has 0 aliphatic carbocycles. The number of hydrogen-bond acceptors (Lipinski definition) is 32. The summed E-state index contributed by atoms with van der Waals surface area (Å²) in [4.78, 5) is 39.8. The van der Waals surface area contributed by atoms with Gasteiger partial charge in [0.2, 0.25) is 6.29 Å². The predicted molar refractivity (Wildman–Crippen MR) is 313 cm³/mol. The zero-order valence-electron chi connectivity index (χ0n) is 55.0. The summed E-state index contributed by atoms with van der Waals surface area (Å²) < 4.78 is 142. The summed E-state index contributed by atoms with van der Waals surface area (Å²) in [7, 11) is 5.35. The molecule has 34 heteroatoms. The number of carbonyl (C=O) groups is 3. The fourth-order valence-corrected chi connectivity index (χ4v) is 15.1. The Labute approximate surface area is 557 Å². The van der Waals surface area contributed by atoms with E-state index in [0.29, 0.717) is 0 Å². The number of esters is 2. The molecule has 95 heavy (non-hydrogen) atoms. The molecule has 11 rings (SSSR count). The van der Waals surface area contributed by atoms with Crippen LogP contribution in [0.15, 0.2) is 0 Å². The van der Waals surface area contributed by atoms with Crippen molar-refractivity contribution < 1.29 is 154 Å². The zero-order chi connectivity index (χ0) is 68.9. The molecule has 10 saturated heterocycles. The van der Waals surface area contributed by atoms with Crippen LogP contribution in [-0.4, -0.2) is 286 Å². The Bertz CT molecular complexity index is 2890. The van der Waals surface area contributed by atoms with Crippen molar-refractivity contribution in [1.29, 1.82) is 0 Å². The Morgan fingerprint density at radius 2 is 1.34 bits per heavy atom. The minimum absolute atomic E-state index is 0.00299. The van der Waals surface area contributed by atoms with Crippen molar-refractivity contribution in [2.45, 2.75) is 277 Å². The minimum atomic E-state index is -2.13. The molecule has 10 aliphatic rings. The summed E-state index contributed by atoms with van der Waals surface area (Å²) in [5.41, 5.74) is -3.34. The van der Waals surface area contributed by atoms with Gasteiger partial charge in [0.25, 0.3) is 5.97 Å². The van der Waals surface area contributed by atoms with Crippen molar-refractivity contribution in [3.8, 4) is 11.5 Å². The summed E-state index contributed by atoms with van der Waals surface area (Å²) >= 11 is 12.5. The summed E-state index contributed by atoms with van der Waals surface area (Å²) in [5.74, 6) is -7.41. The number of aliphatic hydroxyl groups is 5. The van der Waals surface area contributed by atoms with Crippen molar-refractivity contribution in [1.82, 2.24) is 0 Å². The maximum Gasteiger partial charge on any atom is 0.342 e. The molecule has 10 heterocycles. The molecule has 1 aromatic carbocycles. The average molecular weight is 1400 g/mol. The fourth-order valence-electron chi connectivity index (χ4n) is 14.6. The SMILES string of the molecule is COC[C@H]1O[C@@H](O[C@@H]2OC[C@@H]3O[C@]4(O[C@H]3[C@H]2OC(=O)C(C)C)O[C@H](C)[C@@](O)(C(C)=O)[C@@H]2OCO[C@H]24)[C@@H](OC)[C@@H](O)[C@@H]1O[C@@H]1O[C@H](C)[C@H](OC)[C@H](O[C@H]2C[C@@]3(C)O[C@@]4(C[C@@H](O)[C@H](O[C@H]5C[C@@H](O)[C@H](OC(=O)c6c(C)c(Cl)c(O)c(Cl)c6OC)[C@@H](C)O5)[C@@H](C)O4)O[C@@H]3[C@@H](C)O2)[C@H]1O. The largest absolute Gasteiger partial charge is 0.505 e. The normalized spacial score (nSPS) is 47.3. The van der Waals surface area contributed by atoms with Gasteiger partial charge in [0, 0.05) is 34.2 Å². The first-order valence-corrected chi connectivity index (χ1v) is 32.5. The van der Waals surface area contributed by atoms with Crippen LogP contribution in [0.5, 0.6) is 11.5 Å². The highest BCUT2D eigenvalue weighted by molar-refractivity contribution is 6.39. The van der Waals surface area contributed by atoms with Crippen LogP contribution in [0.3, 0.4) is 0 Å². The predicted octanol–water partition coefficient (Wildman–Crippen LogP) is 1.05. The Balaban J connectivity index is 0.722. The Hall–Kier alpha value is -2.99. The van der Waals surface area contributed by atoms with Gasteiger partial charge in [-0.05, 0) is 61.0 Å². The number of carbonyl (C=O) groups excluding carboxylic acids is 3. The van der Waals surface area contributed by atoms with Crippen molar-refractivity contribution in [2.75, 3.05) is 48.4 Å². The first kappa shape index (κ1) is 73.2. The number of ketones is 1. The van der Waals surface area contributed by atoms with Gasteiger partial charge in [-0.3, -0.25) is 9.59 Å². The molecule has 10 aliphatic heterocycles. The highest BCUT2D eigenvalue weighted by Crippen LogP contribution is 2.53. The lowest BCUT2D eigenvalue weighted by Gasteiger charge is -2.49. The van der Waals surface area contributed by atoms with Crippen LogP contribution in [-0.2, 0) is 114 Å². The number of aromatic hydroxyl groups is 1. The molecular weight excluding hydrogens is 1320 g/mol. The number of ether oxygens (including phenoxy) is 23. The second-order valence-corrected chi connectivity index (χ2v) is 27.0. The standard InChI is InChI=1S/C61H88Cl2O32/c1-21(2)53(70)87-49-45-32(92-61(93-45)52-51(78-20-79-52)60(72,27(8)64)28(9)91-61)19-77-56(49)89-57-48(76-14)39(68)44(31(83-57)18-73-11)88-55-40(69)47(43(74-12)24(5)82-55)85-34-17-58(10)50(26(7)81-34)94-59(95-58)16-30(66)42(25(6)90-59)84-33-15-29(65)41(23(4)80-33)86-54(71)35-22(3)36(62)38(67)37(63)46(35)75-13/h21,23-26,28-34,39-45,47-52,55-57,65-69,72H,15-20H2,1-14H3/t23-,24-,25-,26-,28-,29-,30-,31-,32+,33+,34+,39+,40-,41-,42-,43+,44-,45-,47-,48+,49-,50-,51-,52-,55+,56+,57+,58-,59-,60+,61-/m1/s1. The Morgan fingerprint density at radius 1 is 0.653 bits per heavy atom. The number of halogens is 2. The summed E-state index contributed by atoms with van der Waals surface area (Å²) in [6, 6.07) is 0. The van der Waals surface area contributed by atoms with Gasteiger partial charge in [0.15, 0.2) is 66.4 Å². The Morgan fingerprint density at radius 3 is 1.99 bits per heavy atom. The summed E-state index contributed by atoms with van der Waals surface area (Å²) in [6.07, 6.45) is -32.8. The molecule has 31 atom stereocenters. The van der Waals surface area contributed by atoms with E-state index in [9.17, 15) is 45.0 Å². The highest BCUT2D eigenvalue weighted by Gasteiger charge is 2.73. The molecule has 10 fully saturated rings. The molecule has 0 aromatic heterocycles. The number of aliphatic hydroxyl groups excluding tert-OH is 4. The van der Waals surface area contributed by atoms with Gasteiger partial charge in [-0.1, -0.05) is 37.0 Å². The van der Waals surface area contributed by atoms with E-state index in [1.54, 1.807) is 48.5 Å². The summed E-state index contributed by atoms with van der Waals surface area (Å²) in [5, 5.41) is 69.1. The lowest BCUT2D eigenvalue weighted by Crippen LogP contribution is -2.72. The molecule has 1 aromatic rings. The number of fused-ring (bicyclic) bond motifs is 4. The van der Waals surface area contributed by atoms with Gasteiger partial charge in [-0.25, -0.2) is 4.79 Å². The van der Waals surface area contributed by atoms with E-state index in [0.717, 1.165) is 0 Å². The summed E-state index contributed by atoms with van der Waals surface area (Å²) in [6.45, 7) is 15.0. The maximum atomic E-state index is 13.6. The number of phenols is 1.